The van der Waals surface area contributed by atoms with E-state index in [4.69, 9.17) is 4.74 Å². The molecule has 2 N–H and O–H groups in total. The van der Waals surface area contributed by atoms with Gasteiger partial charge in [-0.1, -0.05) is 29.8 Å². The molecule has 0 aliphatic rings. The van der Waals surface area contributed by atoms with Crippen LogP contribution in [-0.4, -0.2) is 17.9 Å². The molecule has 5 nitrogen and oxygen atoms in total. The van der Waals surface area contributed by atoms with E-state index in [-0.39, 0.29) is 24.3 Å². The average molecular weight is 326 g/mol. The molecule has 2 aromatic rings. The van der Waals surface area contributed by atoms with E-state index < -0.39 is 0 Å². The van der Waals surface area contributed by atoms with Crippen molar-refractivity contribution in [2.75, 3.05) is 10.6 Å². The topological polar surface area (TPSA) is 67.4 Å². The minimum Gasteiger partial charge on any atom is -0.489 e. The van der Waals surface area contributed by atoms with Crippen molar-refractivity contribution in [2.45, 2.75) is 33.3 Å². The van der Waals surface area contributed by atoms with Crippen molar-refractivity contribution < 1.29 is 14.3 Å². The zero-order valence-corrected chi connectivity index (χ0v) is 14.1. The van der Waals surface area contributed by atoms with Gasteiger partial charge in [-0.05, 0) is 45.0 Å². The van der Waals surface area contributed by atoms with Crippen LogP contribution in [0.2, 0.25) is 0 Å². The summed E-state index contributed by atoms with van der Waals surface area (Å²) in [6.07, 6.45) is -0.267. The quantitative estimate of drug-likeness (QED) is 0.795. The maximum absolute atomic E-state index is 12.1. The molecule has 2 amide bonds. The molecule has 0 bridgehead atoms. The molecule has 0 atom stereocenters. The summed E-state index contributed by atoms with van der Waals surface area (Å²) in [6, 6.07) is 14.6. The Morgan fingerprint density at radius 2 is 1.58 bits per heavy atom. The number of hydrogen-bond donors (Lipinski definition) is 2. The van der Waals surface area contributed by atoms with Crippen LogP contribution in [0.3, 0.4) is 0 Å². The fraction of sp³-hybridized carbons (Fsp3) is 0.263. The monoisotopic (exact) mass is 326 g/mol. The van der Waals surface area contributed by atoms with Gasteiger partial charge in [0.25, 0.3) is 0 Å². The van der Waals surface area contributed by atoms with Crippen LogP contribution in [0.5, 0.6) is 5.75 Å². The lowest BCUT2D eigenvalue weighted by molar-refractivity contribution is -0.123. The van der Waals surface area contributed by atoms with E-state index in [2.05, 4.69) is 10.6 Å². The van der Waals surface area contributed by atoms with Gasteiger partial charge in [0, 0.05) is 5.69 Å². The van der Waals surface area contributed by atoms with Crippen LogP contribution in [-0.2, 0) is 9.59 Å². The minimum absolute atomic E-state index is 0.00659. The number of hydrogen-bond acceptors (Lipinski definition) is 3. The van der Waals surface area contributed by atoms with E-state index in [0.717, 1.165) is 5.56 Å². The molecule has 0 unspecified atom stereocenters. The maximum Gasteiger partial charge on any atom is 0.233 e. The van der Waals surface area contributed by atoms with Gasteiger partial charge in [-0.3, -0.25) is 9.59 Å². The molecule has 0 aromatic heterocycles. The van der Waals surface area contributed by atoms with Crippen LogP contribution in [0.15, 0.2) is 48.5 Å². The summed E-state index contributed by atoms with van der Waals surface area (Å²) < 4.78 is 5.64. The van der Waals surface area contributed by atoms with E-state index in [1.54, 1.807) is 30.3 Å². The first kappa shape index (κ1) is 17.5. The molecule has 2 aromatic carbocycles. The average Bonchev–Trinajstić information content (AvgIpc) is 2.51. The van der Waals surface area contributed by atoms with E-state index in [1.807, 2.05) is 39.0 Å². The van der Waals surface area contributed by atoms with Gasteiger partial charge >= 0.3 is 0 Å². The number of aryl methyl sites for hydroxylation is 1. The summed E-state index contributed by atoms with van der Waals surface area (Å²) in [6.45, 7) is 5.79. The van der Waals surface area contributed by atoms with Gasteiger partial charge in [0.15, 0.2) is 0 Å². The molecule has 0 aliphatic carbocycles. The van der Waals surface area contributed by atoms with E-state index in [0.29, 0.717) is 17.1 Å². The summed E-state index contributed by atoms with van der Waals surface area (Å²) in [7, 11) is 0. The SMILES string of the molecule is Cc1ccc(NC(=O)CC(=O)Nc2ccccc2OC(C)C)cc1. The zero-order chi connectivity index (χ0) is 17.5. The second-order valence-electron chi connectivity index (χ2n) is 5.80. The summed E-state index contributed by atoms with van der Waals surface area (Å²) in [5.41, 5.74) is 2.33. The number of para-hydroxylation sites is 2. The molecule has 5 heteroatoms. The van der Waals surface area contributed by atoms with E-state index in [9.17, 15) is 9.59 Å². The lowest BCUT2D eigenvalue weighted by Gasteiger charge is -2.14. The summed E-state index contributed by atoms with van der Waals surface area (Å²) in [4.78, 5) is 24.0. The fourth-order valence-electron chi connectivity index (χ4n) is 2.11. The number of amides is 2. The van der Waals surface area contributed by atoms with Crippen LogP contribution in [0.1, 0.15) is 25.8 Å². The Morgan fingerprint density at radius 3 is 2.25 bits per heavy atom. The third-order valence-electron chi connectivity index (χ3n) is 3.18. The molecular formula is C19H22N2O3. The Balaban J connectivity index is 1.93. The van der Waals surface area contributed by atoms with Gasteiger partial charge in [0.2, 0.25) is 11.8 Å². The van der Waals surface area contributed by atoms with Gasteiger partial charge in [0.1, 0.15) is 12.2 Å². The number of carbonyl (C=O) groups is 2. The normalized spacial score (nSPS) is 10.3. The molecule has 0 saturated carbocycles. The van der Waals surface area contributed by atoms with Crippen LogP contribution < -0.4 is 15.4 Å². The highest BCUT2D eigenvalue weighted by Gasteiger charge is 2.13. The highest BCUT2D eigenvalue weighted by Crippen LogP contribution is 2.25. The van der Waals surface area contributed by atoms with Crippen LogP contribution in [0, 0.1) is 6.92 Å². The second-order valence-corrected chi connectivity index (χ2v) is 5.80. The van der Waals surface area contributed by atoms with Crippen LogP contribution in [0.4, 0.5) is 11.4 Å². The van der Waals surface area contributed by atoms with Crippen molar-refractivity contribution in [3.63, 3.8) is 0 Å². The number of nitrogens with one attached hydrogen (secondary N) is 2. The summed E-state index contributed by atoms with van der Waals surface area (Å²) in [5.74, 6) is -0.169. The Hall–Kier alpha value is -2.82. The first-order valence-electron chi connectivity index (χ1n) is 7.86. The van der Waals surface area contributed by atoms with Crippen molar-refractivity contribution in [1.29, 1.82) is 0 Å². The lowest BCUT2D eigenvalue weighted by atomic mass is 10.2. The minimum atomic E-state index is -0.389. The molecule has 0 radical (unpaired) electrons. The molecule has 0 heterocycles. The van der Waals surface area contributed by atoms with Crippen LogP contribution >= 0.6 is 0 Å². The molecular weight excluding hydrogens is 304 g/mol. The number of ether oxygens (including phenoxy) is 1. The molecule has 0 fully saturated rings. The highest BCUT2D eigenvalue weighted by atomic mass is 16.5. The van der Waals surface area contributed by atoms with Gasteiger partial charge in [0.05, 0.1) is 11.8 Å². The molecule has 0 spiro atoms. The third-order valence-corrected chi connectivity index (χ3v) is 3.18. The Morgan fingerprint density at radius 1 is 0.958 bits per heavy atom. The number of rotatable bonds is 6. The van der Waals surface area contributed by atoms with E-state index in [1.165, 1.54) is 0 Å². The standard InChI is InChI=1S/C19H22N2O3/c1-13(2)24-17-7-5-4-6-16(17)21-19(23)12-18(22)20-15-10-8-14(3)9-11-15/h4-11,13H,12H2,1-3H3,(H,20,22)(H,21,23). The van der Waals surface area contributed by atoms with Crippen LogP contribution in [0.25, 0.3) is 0 Å². The Bertz CT molecular complexity index is 709. The molecule has 2 rings (SSSR count). The first-order chi connectivity index (χ1) is 11.4. The zero-order valence-electron chi connectivity index (χ0n) is 14.1. The predicted molar refractivity (Wildman–Crippen MR) is 95.3 cm³/mol. The van der Waals surface area contributed by atoms with Crippen molar-refractivity contribution in [2.24, 2.45) is 0 Å². The van der Waals surface area contributed by atoms with Crippen molar-refractivity contribution in [3.8, 4) is 5.75 Å². The maximum atomic E-state index is 12.1. The van der Waals surface area contributed by atoms with Crippen molar-refractivity contribution in [1.82, 2.24) is 0 Å². The van der Waals surface area contributed by atoms with Crippen molar-refractivity contribution >= 4 is 23.2 Å². The number of carbonyl (C=O) groups excluding carboxylic acids is 2. The summed E-state index contributed by atoms with van der Waals surface area (Å²) >= 11 is 0. The Labute approximate surface area is 142 Å². The van der Waals surface area contributed by atoms with Gasteiger partial charge < -0.3 is 15.4 Å². The van der Waals surface area contributed by atoms with Gasteiger partial charge in [-0.2, -0.15) is 0 Å². The van der Waals surface area contributed by atoms with Gasteiger partial charge in [-0.15, -0.1) is 0 Å². The largest absolute Gasteiger partial charge is 0.489 e. The molecule has 0 saturated heterocycles. The Kier molecular flexibility index (Phi) is 5.95. The molecule has 24 heavy (non-hydrogen) atoms. The number of anilines is 2. The number of benzene rings is 2. The molecule has 126 valence electrons. The highest BCUT2D eigenvalue weighted by molar-refractivity contribution is 6.08. The predicted octanol–water partition coefficient (Wildman–Crippen LogP) is 3.75. The first-order valence-corrected chi connectivity index (χ1v) is 7.86. The third kappa shape index (κ3) is 5.43. The second kappa shape index (κ2) is 8.15. The van der Waals surface area contributed by atoms with Gasteiger partial charge in [-0.25, -0.2) is 0 Å². The fourth-order valence-corrected chi connectivity index (χ4v) is 2.11. The molecule has 0 aliphatic heterocycles. The van der Waals surface area contributed by atoms with Crippen molar-refractivity contribution in [3.05, 3.63) is 54.1 Å². The lowest BCUT2D eigenvalue weighted by Crippen LogP contribution is -2.22. The smallest absolute Gasteiger partial charge is 0.233 e. The summed E-state index contributed by atoms with van der Waals surface area (Å²) in [5, 5.41) is 5.42. The van der Waals surface area contributed by atoms with E-state index >= 15 is 0 Å².